The van der Waals surface area contributed by atoms with Crippen molar-refractivity contribution in [3.8, 4) is 0 Å². The number of anilines is 1. The highest BCUT2D eigenvalue weighted by atomic mass is 79.9. The van der Waals surface area contributed by atoms with Gasteiger partial charge in [0.25, 0.3) is 0 Å². The van der Waals surface area contributed by atoms with Crippen molar-refractivity contribution >= 4 is 21.6 Å². The zero-order valence-electron chi connectivity index (χ0n) is 11.5. The summed E-state index contributed by atoms with van der Waals surface area (Å²) >= 11 is 3.34. The van der Waals surface area contributed by atoms with Crippen molar-refractivity contribution in [2.75, 3.05) is 12.3 Å². The van der Waals surface area contributed by atoms with Crippen LogP contribution in [0.3, 0.4) is 0 Å². The fourth-order valence-electron chi connectivity index (χ4n) is 2.93. The van der Waals surface area contributed by atoms with Gasteiger partial charge < -0.3 is 5.73 Å². The number of hydrogen-bond acceptors (Lipinski definition) is 2. The summed E-state index contributed by atoms with van der Waals surface area (Å²) in [5.41, 5.74) is 7.04. The van der Waals surface area contributed by atoms with Crippen LogP contribution in [0.1, 0.15) is 44.6 Å². The van der Waals surface area contributed by atoms with Crippen LogP contribution in [0.2, 0.25) is 0 Å². The number of rotatable bonds is 4. The third-order valence-corrected chi connectivity index (χ3v) is 4.51. The van der Waals surface area contributed by atoms with Gasteiger partial charge in [0, 0.05) is 17.1 Å². The minimum atomic E-state index is -0.330. The maximum Gasteiger partial charge on any atom is 0.147 e. The molecule has 1 aromatic rings. The third kappa shape index (κ3) is 3.69. The van der Waals surface area contributed by atoms with Crippen LogP contribution in [0, 0.1) is 5.82 Å². The zero-order chi connectivity index (χ0) is 13.8. The van der Waals surface area contributed by atoms with Crippen LogP contribution >= 0.6 is 15.9 Å². The lowest BCUT2D eigenvalue weighted by molar-refractivity contribution is 0.156. The van der Waals surface area contributed by atoms with Gasteiger partial charge in [0.15, 0.2) is 0 Å². The van der Waals surface area contributed by atoms with Crippen LogP contribution in [0.4, 0.5) is 10.1 Å². The van der Waals surface area contributed by atoms with Crippen LogP contribution < -0.4 is 5.73 Å². The largest absolute Gasteiger partial charge is 0.396 e. The van der Waals surface area contributed by atoms with E-state index in [-0.39, 0.29) is 11.5 Å². The molecule has 106 valence electrons. The molecule has 19 heavy (non-hydrogen) atoms. The molecule has 1 saturated carbocycles. The van der Waals surface area contributed by atoms with Crippen molar-refractivity contribution in [3.63, 3.8) is 0 Å². The molecule has 0 aliphatic heterocycles. The Kier molecular flexibility index (Phi) is 5.22. The molecule has 1 aliphatic rings. The van der Waals surface area contributed by atoms with Gasteiger partial charge in [-0.1, -0.05) is 42.1 Å². The smallest absolute Gasteiger partial charge is 0.147 e. The van der Waals surface area contributed by atoms with E-state index >= 15 is 0 Å². The topological polar surface area (TPSA) is 29.3 Å². The summed E-state index contributed by atoms with van der Waals surface area (Å²) in [6, 6.07) is 3.99. The summed E-state index contributed by atoms with van der Waals surface area (Å²) in [6.45, 7) is 3.89. The molecule has 2 nitrogen and oxygen atoms in total. The van der Waals surface area contributed by atoms with E-state index in [0.29, 0.717) is 6.04 Å². The van der Waals surface area contributed by atoms with Gasteiger partial charge in [-0.15, -0.1) is 0 Å². The van der Waals surface area contributed by atoms with Gasteiger partial charge in [-0.05, 0) is 37.1 Å². The highest BCUT2D eigenvalue weighted by Crippen LogP contribution is 2.27. The fourth-order valence-corrected chi connectivity index (χ4v) is 3.41. The molecule has 0 amide bonds. The lowest BCUT2D eigenvalue weighted by Crippen LogP contribution is -2.36. The summed E-state index contributed by atoms with van der Waals surface area (Å²) in [5.74, 6) is -0.330. The number of nitrogen functional groups attached to an aromatic ring is 1. The van der Waals surface area contributed by atoms with Gasteiger partial charge in [0.05, 0.1) is 5.69 Å². The average Bonchev–Trinajstić information content (AvgIpc) is 2.42. The Morgan fingerprint density at radius 3 is 2.63 bits per heavy atom. The SMILES string of the molecule is CCN(Cc1cc(Br)cc(F)c1N)C1CCCCC1. The third-order valence-electron chi connectivity index (χ3n) is 4.05. The molecule has 2 rings (SSSR count). The molecule has 2 N–H and O–H groups in total. The van der Waals surface area contributed by atoms with Gasteiger partial charge in [0.2, 0.25) is 0 Å². The molecule has 0 bridgehead atoms. The Hall–Kier alpha value is -0.610. The first-order valence-corrected chi connectivity index (χ1v) is 7.88. The Morgan fingerprint density at radius 1 is 1.32 bits per heavy atom. The summed E-state index contributed by atoms with van der Waals surface area (Å²) in [5, 5.41) is 0. The second-order valence-electron chi connectivity index (χ2n) is 5.32. The molecule has 1 fully saturated rings. The van der Waals surface area contributed by atoms with E-state index in [1.165, 1.54) is 38.2 Å². The maximum atomic E-state index is 13.7. The van der Waals surface area contributed by atoms with Gasteiger partial charge in [0.1, 0.15) is 5.82 Å². The number of halogens is 2. The van der Waals surface area contributed by atoms with Crippen LogP contribution in [0.15, 0.2) is 16.6 Å². The lowest BCUT2D eigenvalue weighted by atomic mass is 9.94. The predicted octanol–water partition coefficient (Wildman–Crippen LogP) is 4.33. The molecule has 1 aliphatic carbocycles. The number of hydrogen-bond donors (Lipinski definition) is 1. The van der Waals surface area contributed by atoms with Gasteiger partial charge in [-0.2, -0.15) is 0 Å². The fraction of sp³-hybridized carbons (Fsp3) is 0.600. The van der Waals surface area contributed by atoms with Crippen LogP contribution in [0.25, 0.3) is 0 Å². The second-order valence-corrected chi connectivity index (χ2v) is 6.23. The molecular formula is C15H22BrFN2. The Balaban J connectivity index is 2.13. The maximum absolute atomic E-state index is 13.7. The minimum Gasteiger partial charge on any atom is -0.396 e. The monoisotopic (exact) mass is 328 g/mol. The van der Waals surface area contributed by atoms with Gasteiger partial charge in [-0.25, -0.2) is 4.39 Å². The molecule has 0 radical (unpaired) electrons. The Bertz CT molecular complexity index is 430. The van der Waals surface area contributed by atoms with Crippen molar-refractivity contribution in [2.24, 2.45) is 0 Å². The van der Waals surface area contributed by atoms with E-state index in [1.54, 1.807) is 0 Å². The van der Waals surface area contributed by atoms with Crippen LogP contribution in [-0.2, 0) is 6.54 Å². The average molecular weight is 329 g/mol. The first-order valence-electron chi connectivity index (χ1n) is 7.09. The normalized spacial score (nSPS) is 17.1. The van der Waals surface area contributed by atoms with Crippen LogP contribution in [-0.4, -0.2) is 17.5 Å². The van der Waals surface area contributed by atoms with Crippen molar-refractivity contribution in [3.05, 3.63) is 28.0 Å². The number of nitrogens with two attached hydrogens (primary N) is 1. The Labute approximate surface area is 123 Å². The van der Waals surface area contributed by atoms with Crippen LogP contribution in [0.5, 0.6) is 0 Å². The van der Waals surface area contributed by atoms with Gasteiger partial charge in [-0.3, -0.25) is 4.90 Å². The summed E-state index contributed by atoms with van der Waals surface area (Å²) in [7, 11) is 0. The van der Waals surface area contributed by atoms with E-state index < -0.39 is 0 Å². The van der Waals surface area contributed by atoms with E-state index in [9.17, 15) is 4.39 Å². The molecular weight excluding hydrogens is 307 g/mol. The molecule has 0 aromatic heterocycles. The van der Waals surface area contributed by atoms with Crippen molar-refractivity contribution in [2.45, 2.75) is 51.6 Å². The molecule has 0 spiro atoms. The van der Waals surface area contributed by atoms with Crippen molar-refractivity contribution in [1.29, 1.82) is 0 Å². The molecule has 0 heterocycles. The first kappa shape index (κ1) is 14.8. The van der Waals surface area contributed by atoms with Crippen molar-refractivity contribution in [1.82, 2.24) is 4.90 Å². The quantitative estimate of drug-likeness (QED) is 0.834. The lowest BCUT2D eigenvalue weighted by Gasteiger charge is -2.33. The van der Waals surface area contributed by atoms with E-state index in [4.69, 9.17) is 5.73 Å². The molecule has 0 atom stereocenters. The minimum absolute atomic E-state index is 0.289. The van der Waals surface area contributed by atoms with Gasteiger partial charge >= 0.3 is 0 Å². The predicted molar refractivity (Wildman–Crippen MR) is 81.5 cm³/mol. The van der Waals surface area contributed by atoms with Crippen molar-refractivity contribution < 1.29 is 4.39 Å². The molecule has 4 heteroatoms. The zero-order valence-corrected chi connectivity index (χ0v) is 13.0. The van der Waals surface area contributed by atoms with E-state index in [0.717, 1.165) is 23.1 Å². The summed E-state index contributed by atoms with van der Waals surface area (Å²) in [6.07, 6.45) is 6.48. The van der Waals surface area contributed by atoms with E-state index in [2.05, 4.69) is 27.8 Å². The standard InChI is InChI=1S/C15H22BrFN2/c1-2-19(13-6-4-3-5-7-13)10-11-8-12(16)9-14(17)15(11)18/h8-9,13H,2-7,10,18H2,1H3. The molecule has 0 unspecified atom stereocenters. The highest BCUT2D eigenvalue weighted by Gasteiger charge is 2.21. The first-order chi connectivity index (χ1) is 9.11. The second kappa shape index (κ2) is 6.71. The van der Waals surface area contributed by atoms with E-state index in [1.807, 2.05) is 6.07 Å². The summed E-state index contributed by atoms with van der Waals surface area (Å²) in [4.78, 5) is 2.43. The molecule has 1 aromatic carbocycles. The number of nitrogens with zero attached hydrogens (tertiary/aromatic N) is 1. The number of benzene rings is 1. The molecule has 0 saturated heterocycles. The Morgan fingerprint density at radius 2 is 2.00 bits per heavy atom. The highest BCUT2D eigenvalue weighted by molar-refractivity contribution is 9.10. The summed E-state index contributed by atoms with van der Waals surface area (Å²) < 4.78 is 14.4.